The van der Waals surface area contributed by atoms with Gasteiger partial charge in [0.1, 0.15) is 0 Å². The molecule has 134 valence electrons. The van der Waals surface area contributed by atoms with Crippen molar-refractivity contribution < 1.29 is 13.2 Å². The standard InChI is InChI=1S/C17H27N3O3S/c1-4-13-24(21,22)18-14-17(20-9-11-23-12-10-20)15-5-7-16(8-6-15)19(2)3/h4-8,17-18H,1,9-14H2,2-3H3. The van der Waals surface area contributed by atoms with Gasteiger partial charge in [0, 0.05) is 45.5 Å². The molecule has 1 heterocycles. The Balaban J connectivity index is 2.17. The Bertz CT molecular complexity index is 623. The van der Waals surface area contributed by atoms with E-state index in [1.807, 2.05) is 19.0 Å². The van der Waals surface area contributed by atoms with E-state index >= 15 is 0 Å². The monoisotopic (exact) mass is 353 g/mol. The van der Waals surface area contributed by atoms with Gasteiger partial charge in [-0.25, -0.2) is 13.1 Å². The van der Waals surface area contributed by atoms with Crippen LogP contribution in [-0.4, -0.2) is 66.0 Å². The highest BCUT2D eigenvalue weighted by Crippen LogP contribution is 2.24. The van der Waals surface area contributed by atoms with Crippen LogP contribution in [0.15, 0.2) is 36.9 Å². The summed E-state index contributed by atoms with van der Waals surface area (Å²) in [7, 11) is 0.667. The van der Waals surface area contributed by atoms with Crippen molar-refractivity contribution in [2.24, 2.45) is 0 Å². The molecule has 0 aliphatic carbocycles. The molecule has 1 aromatic rings. The normalized spacial score (nSPS) is 17.4. The summed E-state index contributed by atoms with van der Waals surface area (Å²) in [5.74, 6) is -0.0671. The van der Waals surface area contributed by atoms with E-state index in [4.69, 9.17) is 4.74 Å². The number of benzene rings is 1. The molecule has 1 atom stereocenters. The van der Waals surface area contributed by atoms with Crippen molar-refractivity contribution >= 4 is 15.7 Å². The van der Waals surface area contributed by atoms with Crippen LogP contribution in [0.25, 0.3) is 0 Å². The van der Waals surface area contributed by atoms with Crippen molar-refractivity contribution in [2.45, 2.75) is 6.04 Å². The second-order valence-corrected chi connectivity index (χ2v) is 7.92. The quantitative estimate of drug-likeness (QED) is 0.713. The molecule has 0 saturated carbocycles. The van der Waals surface area contributed by atoms with Gasteiger partial charge in [-0.05, 0) is 17.7 Å². The van der Waals surface area contributed by atoms with Crippen LogP contribution in [-0.2, 0) is 14.8 Å². The second kappa shape index (κ2) is 8.62. The Labute approximate surface area is 145 Å². The minimum absolute atomic E-state index is 0.00953. The fourth-order valence-corrected chi connectivity index (χ4v) is 3.60. The Hall–Kier alpha value is -1.41. The van der Waals surface area contributed by atoms with E-state index in [0.29, 0.717) is 19.8 Å². The molecule has 0 aromatic heterocycles. The molecule has 1 N–H and O–H groups in total. The van der Waals surface area contributed by atoms with Crippen LogP contribution in [0, 0.1) is 0 Å². The first-order valence-electron chi connectivity index (χ1n) is 8.10. The second-order valence-electron chi connectivity index (χ2n) is 6.07. The third kappa shape index (κ3) is 5.31. The van der Waals surface area contributed by atoms with E-state index in [2.05, 4.69) is 40.5 Å². The lowest BCUT2D eigenvalue weighted by molar-refractivity contribution is 0.0172. The zero-order valence-electron chi connectivity index (χ0n) is 14.4. The molecule has 1 fully saturated rings. The molecule has 2 rings (SSSR count). The highest BCUT2D eigenvalue weighted by atomic mass is 32.2. The number of morpholine rings is 1. The summed E-state index contributed by atoms with van der Waals surface area (Å²) in [6, 6.07) is 8.24. The van der Waals surface area contributed by atoms with Crippen LogP contribution < -0.4 is 9.62 Å². The number of ether oxygens (including phenoxy) is 1. The van der Waals surface area contributed by atoms with Crippen molar-refractivity contribution in [3.8, 4) is 0 Å². The van der Waals surface area contributed by atoms with Gasteiger partial charge in [0.05, 0.1) is 19.0 Å². The smallest absolute Gasteiger partial charge is 0.215 e. The summed E-state index contributed by atoms with van der Waals surface area (Å²) in [5.41, 5.74) is 2.22. The largest absolute Gasteiger partial charge is 0.379 e. The zero-order chi connectivity index (χ0) is 17.6. The number of sulfonamides is 1. The van der Waals surface area contributed by atoms with Gasteiger partial charge >= 0.3 is 0 Å². The molecule has 1 unspecified atom stereocenters. The molecule has 1 aliphatic rings. The Morgan fingerprint density at radius 2 is 1.92 bits per heavy atom. The average molecular weight is 353 g/mol. The summed E-state index contributed by atoms with van der Waals surface area (Å²) in [6.07, 6.45) is 1.40. The number of hydrogen-bond donors (Lipinski definition) is 1. The summed E-state index contributed by atoms with van der Waals surface area (Å²) >= 11 is 0. The molecule has 6 nitrogen and oxygen atoms in total. The first-order chi connectivity index (χ1) is 11.4. The van der Waals surface area contributed by atoms with Gasteiger partial charge in [0.15, 0.2) is 0 Å². The van der Waals surface area contributed by atoms with Crippen molar-refractivity contribution in [1.29, 1.82) is 0 Å². The van der Waals surface area contributed by atoms with Crippen LogP contribution in [0.5, 0.6) is 0 Å². The predicted octanol–water partition coefficient (Wildman–Crippen LogP) is 1.23. The Morgan fingerprint density at radius 1 is 1.29 bits per heavy atom. The zero-order valence-corrected chi connectivity index (χ0v) is 15.3. The number of nitrogens with zero attached hydrogens (tertiary/aromatic N) is 2. The lowest BCUT2D eigenvalue weighted by atomic mass is 10.0. The van der Waals surface area contributed by atoms with Crippen LogP contribution in [0.3, 0.4) is 0 Å². The Morgan fingerprint density at radius 3 is 2.46 bits per heavy atom. The molecule has 7 heteroatoms. The fourth-order valence-electron chi connectivity index (χ4n) is 2.76. The van der Waals surface area contributed by atoms with Gasteiger partial charge in [-0.15, -0.1) is 6.58 Å². The maximum absolute atomic E-state index is 12.0. The van der Waals surface area contributed by atoms with E-state index in [1.165, 1.54) is 6.08 Å². The molecule has 0 bridgehead atoms. The number of rotatable bonds is 8. The van der Waals surface area contributed by atoms with E-state index in [0.717, 1.165) is 24.3 Å². The average Bonchev–Trinajstić information content (AvgIpc) is 2.56. The summed E-state index contributed by atoms with van der Waals surface area (Å²) in [4.78, 5) is 4.31. The van der Waals surface area contributed by atoms with Crippen molar-refractivity contribution in [3.05, 3.63) is 42.5 Å². The summed E-state index contributed by atoms with van der Waals surface area (Å²) < 4.78 is 32.0. The number of anilines is 1. The van der Waals surface area contributed by atoms with Gasteiger partial charge in [0.25, 0.3) is 0 Å². The molecule has 1 aromatic carbocycles. The maximum atomic E-state index is 12.0. The van der Waals surface area contributed by atoms with Crippen LogP contribution >= 0.6 is 0 Å². The lowest BCUT2D eigenvalue weighted by Gasteiger charge is -2.35. The van der Waals surface area contributed by atoms with E-state index < -0.39 is 10.0 Å². The Kier molecular flexibility index (Phi) is 6.79. The van der Waals surface area contributed by atoms with E-state index in [-0.39, 0.29) is 11.8 Å². The minimum Gasteiger partial charge on any atom is -0.379 e. The lowest BCUT2D eigenvalue weighted by Crippen LogP contribution is -2.44. The maximum Gasteiger partial charge on any atom is 0.215 e. The first-order valence-corrected chi connectivity index (χ1v) is 9.75. The van der Waals surface area contributed by atoms with Gasteiger partial charge in [-0.1, -0.05) is 18.2 Å². The van der Waals surface area contributed by atoms with Gasteiger partial charge < -0.3 is 9.64 Å². The minimum atomic E-state index is -3.33. The van der Waals surface area contributed by atoms with Crippen LogP contribution in [0.4, 0.5) is 5.69 Å². The van der Waals surface area contributed by atoms with E-state index in [1.54, 1.807) is 0 Å². The highest BCUT2D eigenvalue weighted by Gasteiger charge is 2.24. The van der Waals surface area contributed by atoms with Crippen molar-refractivity contribution in [2.75, 3.05) is 57.6 Å². The molecule has 0 radical (unpaired) electrons. The molecule has 1 aliphatic heterocycles. The van der Waals surface area contributed by atoms with Crippen LogP contribution in [0.2, 0.25) is 0 Å². The molecular formula is C17H27N3O3S. The molecule has 0 amide bonds. The molecule has 1 saturated heterocycles. The van der Waals surface area contributed by atoms with E-state index in [9.17, 15) is 8.42 Å². The van der Waals surface area contributed by atoms with Gasteiger partial charge in [-0.3, -0.25) is 4.90 Å². The van der Waals surface area contributed by atoms with Crippen molar-refractivity contribution in [1.82, 2.24) is 9.62 Å². The number of nitrogens with one attached hydrogen (secondary N) is 1. The SMILES string of the molecule is C=CCS(=O)(=O)NCC(c1ccc(N(C)C)cc1)N1CCOCC1. The first kappa shape index (κ1) is 18.9. The van der Waals surface area contributed by atoms with Crippen molar-refractivity contribution in [3.63, 3.8) is 0 Å². The summed E-state index contributed by atoms with van der Waals surface area (Å²) in [5, 5.41) is 0. The highest BCUT2D eigenvalue weighted by molar-refractivity contribution is 7.89. The third-order valence-electron chi connectivity index (χ3n) is 4.11. The number of hydrogen-bond acceptors (Lipinski definition) is 5. The van der Waals surface area contributed by atoms with Crippen LogP contribution in [0.1, 0.15) is 11.6 Å². The topological polar surface area (TPSA) is 61.9 Å². The molecule has 0 spiro atoms. The fraction of sp³-hybridized carbons (Fsp3) is 0.529. The molecular weight excluding hydrogens is 326 g/mol. The molecule has 24 heavy (non-hydrogen) atoms. The third-order valence-corrected chi connectivity index (χ3v) is 5.40. The van der Waals surface area contributed by atoms with Gasteiger partial charge in [-0.2, -0.15) is 0 Å². The van der Waals surface area contributed by atoms with Gasteiger partial charge in [0.2, 0.25) is 10.0 Å². The summed E-state index contributed by atoms with van der Waals surface area (Å²) in [6.45, 7) is 6.78. The predicted molar refractivity (Wildman–Crippen MR) is 97.9 cm³/mol.